The molecule has 0 saturated carbocycles. The van der Waals surface area contributed by atoms with Gasteiger partial charge in [-0.25, -0.2) is 0 Å². The smallest absolute Gasteiger partial charge is 0.285 e. The van der Waals surface area contributed by atoms with Crippen molar-refractivity contribution in [2.75, 3.05) is 24.4 Å². The second-order valence-electron chi connectivity index (χ2n) is 3.65. The summed E-state index contributed by atoms with van der Waals surface area (Å²) in [4.78, 5) is 13.2. The fourth-order valence-corrected chi connectivity index (χ4v) is 1.26. The minimum atomic E-state index is -0.229. The third-order valence-corrected chi connectivity index (χ3v) is 2.14. The Bertz CT molecular complexity index is 507. The number of hydrogen-bond acceptors (Lipinski definition) is 4. The van der Waals surface area contributed by atoms with Crippen molar-refractivity contribution in [3.8, 4) is 0 Å². The number of nitrogens with zero attached hydrogens (tertiary/aromatic N) is 3. The first-order valence-corrected chi connectivity index (χ1v) is 5.09. The molecule has 0 fully saturated rings. The lowest BCUT2D eigenvalue weighted by atomic mass is 10.2. The van der Waals surface area contributed by atoms with Crippen molar-refractivity contribution in [3.63, 3.8) is 0 Å². The molecule has 88 valence electrons. The van der Waals surface area contributed by atoms with Gasteiger partial charge >= 0.3 is 5.88 Å². The highest BCUT2D eigenvalue weighted by molar-refractivity contribution is 6.03. The predicted molar refractivity (Wildman–Crippen MR) is 61.2 cm³/mol. The fraction of sp³-hybridized carbons (Fsp3) is 0.182. The zero-order valence-corrected chi connectivity index (χ0v) is 9.62. The number of hydrogen-bond donors (Lipinski definition) is 1. The van der Waals surface area contributed by atoms with E-state index in [-0.39, 0.29) is 5.91 Å². The van der Waals surface area contributed by atoms with E-state index in [4.69, 9.17) is 4.52 Å². The zero-order chi connectivity index (χ0) is 12.3. The van der Waals surface area contributed by atoms with Crippen LogP contribution < -0.4 is 15.1 Å². The van der Waals surface area contributed by atoms with Crippen LogP contribution in [0.15, 0.2) is 41.1 Å². The van der Waals surface area contributed by atoms with Crippen LogP contribution >= 0.6 is 0 Å². The molecule has 2 aromatic rings. The molecule has 0 aliphatic carbocycles. The summed E-state index contributed by atoms with van der Waals surface area (Å²) in [6.45, 7) is 0. The molecule has 2 rings (SSSR count). The minimum absolute atomic E-state index is 0.229. The van der Waals surface area contributed by atoms with Gasteiger partial charge < -0.3 is 0 Å². The Balaban J connectivity index is 2.08. The zero-order valence-electron chi connectivity index (χ0n) is 9.62. The van der Waals surface area contributed by atoms with Crippen molar-refractivity contribution in [3.05, 3.63) is 42.1 Å². The van der Waals surface area contributed by atoms with E-state index in [1.807, 2.05) is 20.2 Å². The summed E-state index contributed by atoms with van der Waals surface area (Å²) in [6, 6.07) is 8.91. The number of carbonyl (C=O) groups is 1. The van der Waals surface area contributed by atoms with Crippen molar-refractivity contribution in [1.29, 1.82) is 0 Å². The molecular weight excluding hydrogens is 220 g/mol. The molecule has 1 heterocycles. The fourth-order valence-electron chi connectivity index (χ4n) is 1.26. The van der Waals surface area contributed by atoms with Crippen LogP contribution in [0.1, 0.15) is 10.4 Å². The van der Waals surface area contributed by atoms with Gasteiger partial charge in [0.2, 0.25) is 5.27 Å². The number of amides is 1. The Morgan fingerprint density at radius 2 is 2.06 bits per heavy atom. The van der Waals surface area contributed by atoms with Crippen LogP contribution in [-0.4, -0.2) is 25.3 Å². The van der Waals surface area contributed by atoms with Gasteiger partial charge in [-0.2, -0.15) is 5.01 Å². The predicted octanol–water partition coefficient (Wildman–Crippen LogP) is 0.412. The number of aromatic nitrogens is 2. The van der Waals surface area contributed by atoms with E-state index >= 15 is 0 Å². The van der Waals surface area contributed by atoms with Crippen molar-refractivity contribution >= 4 is 11.8 Å². The first kappa shape index (κ1) is 11.1. The average molecular weight is 233 g/mol. The SMILES string of the molecule is CN(C)[n+]1cc(NC(=O)c2ccccc2)on1. The van der Waals surface area contributed by atoms with E-state index < -0.39 is 0 Å². The van der Waals surface area contributed by atoms with Crippen molar-refractivity contribution < 1.29 is 14.1 Å². The second kappa shape index (κ2) is 4.65. The van der Waals surface area contributed by atoms with Gasteiger partial charge in [-0.3, -0.25) is 14.6 Å². The maximum absolute atomic E-state index is 11.8. The number of anilines is 1. The van der Waals surface area contributed by atoms with Crippen molar-refractivity contribution in [2.45, 2.75) is 0 Å². The summed E-state index contributed by atoms with van der Waals surface area (Å²) in [6.07, 6.45) is 1.58. The minimum Gasteiger partial charge on any atom is -0.285 e. The van der Waals surface area contributed by atoms with Crippen LogP contribution in [0.4, 0.5) is 5.88 Å². The normalized spacial score (nSPS) is 10.0. The van der Waals surface area contributed by atoms with Gasteiger partial charge in [0.1, 0.15) is 0 Å². The van der Waals surface area contributed by atoms with Gasteiger partial charge in [0.15, 0.2) is 0 Å². The number of nitrogens with one attached hydrogen (secondary N) is 1. The van der Waals surface area contributed by atoms with Crippen LogP contribution in [-0.2, 0) is 0 Å². The summed E-state index contributed by atoms with van der Waals surface area (Å²) in [5.74, 6) is 0.0696. The Morgan fingerprint density at radius 3 is 2.65 bits per heavy atom. The molecule has 0 spiro atoms. The van der Waals surface area contributed by atoms with Crippen molar-refractivity contribution in [1.82, 2.24) is 5.27 Å². The van der Waals surface area contributed by atoms with Gasteiger partial charge in [-0.1, -0.05) is 18.2 Å². The van der Waals surface area contributed by atoms with E-state index in [1.54, 1.807) is 35.5 Å². The van der Waals surface area contributed by atoms with E-state index in [0.29, 0.717) is 11.4 Å². The summed E-state index contributed by atoms with van der Waals surface area (Å²) in [5, 5.41) is 8.04. The molecule has 0 aliphatic rings. The molecule has 0 atom stereocenters. The molecule has 0 saturated heterocycles. The largest absolute Gasteiger partial charge is 0.306 e. The molecular formula is C11H13N4O2+. The molecule has 17 heavy (non-hydrogen) atoms. The molecule has 0 bridgehead atoms. The summed E-state index contributed by atoms with van der Waals surface area (Å²) in [5.41, 5.74) is 0.570. The third-order valence-electron chi connectivity index (χ3n) is 2.14. The molecule has 0 radical (unpaired) electrons. The lowest BCUT2D eigenvalue weighted by molar-refractivity contribution is -0.753. The van der Waals surface area contributed by atoms with Gasteiger partial charge in [-0.05, 0) is 12.1 Å². The Labute approximate surface area is 98.4 Å². The van der Waals surface area contributed by atoms with Crippen LogP contribution in [0.25, 0.3) is 0 Å². The monoisotopic (exact) mass is 233 g/mol. The highest BCUT2D eigenvalue weighted by Crippen LogP contribution is 2.05. The number of benzene rings is 1. The Morgan fingerprint density at radius 1 is 1.35 bits per heavy atom. The maximum Gasteiger partial charge on any atom is 0.306 e. The van der Waals surface area contributed by atoms with Crippen LogP contribution in [0.3, 0.4) is 0 Å². The molecule has 1 amide bonds. The highest BCUT2D eigenvalue weighted by atomic mass is 16.5. The molecule has 6 nitrogen and oxygen atoms in total. The maximum atomic E-state index is 11.8. The van der Waals surface area contributed by atoms with Crippen molar-refractivity contribution in [2.24, 2.45) is 0 Å². The second-order valence-corrected chi connectivity index (χ2v) is 3.65. The van der Waals surface area contributed by atoms with E-state index in [9.17, 15) is 4.79 Å². The summed E-state index contributed by atoms with van der Waals surface area (Å²) < 4.78 is 4.96. The molecule has 1 aromatic heterocycles. The molecule has 0 unspecified atom stereocenters. The summed E-state index contributed by atoms with van der Waals surface area (Å²) in [7, 11) is 3.62. The number of carbonyl (C=O) groups excluding carboxylic acids is 1. The molecule has 1 aromatic carbocycles. The molecule has 6 heteroatoms. The van der Waals surface area contributed by atoms with Crippen LogP contribution in [0.5, 0.6) is 0 Å². The third kappa shape index (κ3) is 2.60. The topological polar surface area (TPSA) is 62.2 Å². The lowest BCUT2D eigenvalue weighted by Crippen LogP contribution is -2.53. The number of rotatable bonds is 3. The van der Waals surface area contributed by atoms with E-state index in [2.05, 4.69) is 10.6 Å². The average Bonchev–Trinajstić information content (AvgIpc) is 2.79. The molecule has 1 N–H and O–H groups in total. The molecule has 0 aliphatic heterocycles. The van der Waals surface area contributed by atoms with Gasteiger partial charge in [0, 0.05) is 5.56 Å². The van der Waals surface area contributed by atoms with Gasteiger partial charge in [0.05, 0.1) is 18.9 Å². The Kier molecular flexibility index (Phi) is 3.04. The van der Waals surface area contributed by atoms with Gasteiger partial charge in [0.25, 0.3) is 12.1 Å². The Hall–Kier alpha value is -2.37. The van der Waals surface area contributed by atoms with E-state index in [1.165, 1.54) is 4.79 Å². The van der Waals surface area contributed by atoms with Crippen LogP contribution in [0, 0.1) is 0 Å². The first-order valence-electron chi connectivity index (χ1n) is 5.09. The highest BCUT2D eigenvalue weighted by Gasteiger charge is 2.16. The van der Waals surface area contributed by atoms with Gasteiger partial charge in [-0.15, -0.1) is 0 Å². The first-order chi connectivity index (χ1) is 8.16. The lowest BCUT2D eigenvalue weighted by Gasteiger charge is -1.98. The quantitative estimate of drug-likeness (QED) is 0.780. The van der Waals surface area contributed by atoms with Crippen LogP contribution in [0.2, 0.25) is 0 Å². The standard InChI is InChI=1S/C11H12N4O2/c1-14(2)15-8-10(17-13-15)12-11(16)9-6-4-3-5-7-9/h3-8H,1-2H3/p+1. The van der Waals surface area contributed by atoms with E-state index in [0.717, 1.165) is 0 Å². The summed E-state index contributed by atoms with van der Waals surface area (Å²) >= 11 is 0.